The average Bonchev–Trinajstić information content (AvgIpc) is 3.00. The van der Waals surface area contributed by atoms with Crippen molar-refractivity contribution in [1.82, 2.24) is 5.32 Å². The highest BCUT2D eigenvalue weighted by atomic mass is 16.7. The summed E-state index contributed by atoms with van der Waals surface area (Å²) in [6.45, 7) is 4.25. The van der Waals surface area contributed by atoms with Crippen LogP contribution in [0.4, 0.5) is 0 Å². The minimum Gasteiger partial charge on any atom is -0.459 e. The average molecular weight is 584 g/mol. The Balaban J connectivity index is 1.43. The molecule has 42 heavy (non-hydrogen) atoms. The summed E-state index contributed by atoms with van der Waals surface area (Å²) in [6, 6.07) is 16.8. The quantitative estimate of drug-likeness (QED) is 0.309. The van der Waals surface area contributed by atoms with Crippen LogP contribution >= 0.6 is 0 Å². The number of carbonyl (C=O) groups excluding carboxylic acids is 3. The van der Waals surface area contributed by atoms with Crippen molar-refractivity contribution >= 4 is 17.8 Å². The summed E-state index contributed by atoms with van der Waals surface area (Å²) in [4.78, 5) is 39.4. The second-order valence-corrected chi connectivity index (χ2v) is 11.5. The van der Waals surface area contributed by atoms with Crippen molar-refractivity contribution in [2.75, 3.05) is 0 Å². The van der Waals surface area contributed by atoms with Crippen LogP contribution in [0.3, 0.4) is 0 Å². The molecule has 4 N–H and O–H groups in total. The highest BCUT2D eigenvalue weighted by molar-refractivity contribution is 5.86. The lowest BCUT2D eigenvalue weighted by atomic mass is 9.76. The molecule has 0 bridgehead atoms. The number of aliphatic hydroxyl groups is 3. The Bertz CT molecular complexity index is 1170. The largest absolute Gasteiger partial charge is 0.459 e. The fourth-order valence-electron chi connectivity index (χ4n) is 5.53. The number of benzene rings is 2. The molecule has 228 valence electrons. The molecular formula is C32H41NO9. The van der Waals surface area contributed by atoms with E-state index in [9.17, 15) is 29.7 Å². The van der Waals surface area contributed by atoms with Crippen LogP contribution in [0.5, 0.6) is 0 Å². The Hall–Kier alpha value is -3.31. The first-order chi connectivity index (χ1) is 20.1. The zero-order valence-electron chi connectivity index (χ0n) is 24.0. The number of nitrogens with one attached hydrogen (secondary N) is 1. The fourth-order valence-corrected chi connectivity index (χ4v) is 5.53. The number of ether oxygens (including phenoxy) is 3. The summed E-state index contributed by atoms with van der Waals surface area (Å²) in [5, 5.41) is 34.2. The van der Waals surface area contributed by atoms with Crippen LogP contribution in [0, 0.1) is 17.8 Å². The van der Waals surface area contributed by atoms with E-state index < -0.39 is 48.7 Å². The van der Waals surface area contributed by atoms with Crippen molar-refractivity contribution in [3.05, 3.63) is 71.8 Å². The van der Waals surface area contributed by atoms with Crippen molar-refractivity contribution < 1.29 is 43.9 Å². The molecule has 2 aromatic rings. The van der Waals surface area contributed by atoms with Gasteiger partial charge in [0.05, 0.1) is 0 Å². The summed E-state index contributed by atoms with van der Waals surface area (Å²) < 4.78 is 16.1. The first-order valence-corrected chi connectivity index (χ1v) is 14.6. The molecule has 1 aliphatic carbocycles. The van der Waals surface area contributed by atoms with Gasteiger partial charge in [0.1, 0.15) is 31.0 Å². The maximum atomic E-state index is 13.4. The Morgan fingerprint density at radius 2 is 1.45 bits per heavy atom. The fraction of sp³-hybridized carbons (Fsp3) is 0.531. The molecule has 0 spiro atoms. The van der Waals surface area contributed by atoms with E-state index in [1.54, 1.807) is 30.3 Å². The molecule has 1 saturated heterocycles. The van der Waals surface area contributed by atoms with Gasteiger partial charge in [0.15, 0.2) is 6.10 Å². The number of carbonyl (C=O) groups is 3. The van der Waals surface area contributed by atoms with Crippen LogP contribution in [0.25, 0.3) is 0 Å². The van der Waals surface area contributed by atoms with Gasteiger partial charge in [-0.15, -0.1) is 0 Å². The normalized spacial score (nSPS) is 28.5. The number of esters is 2. The molecular weight excluding hydrogens is 542 g/mol. The molecule has 4 rings (SSSR count). The summed E-state index contributed by atoms with van der Waals surface area (Å²) >= 11 is 0. The molecule has 2 aromatic carbocycles. The molecule has 2 aliphatic rings. The van der Waals surface area contributed by atoms with Crippen LogP contribution < -0.4 is 5.32 Å². The predicted molar refractivity (Wildman–Crippen MR) is 151 cm³/mol. The van der Waals surface area contributed by atoms with Crippen LogP contribution in [0.15, 0.2) is 60.7 Å². The first-order valence-electron chi connectivity index (χ1n) is 14.6. The molecule has 0 unspecified atom stereocenters. The number of rotatable bonds is 10. The smallest absolute Gasteiger partial charge is 0.338 e. The van der Waals surface area contributed by atoms with Crippen molar-refractivity contribution in [3.8, 4) is 0 Å². The van der Waals surface area contributed by atoms with Crippen molar-refractivity contribution in [2.24, 2.45) is 17.8 Å². The molecule has 1 aliphatic heterocycles. The lowest BCUT2D eigenvalue weighted by Gasteiger charge is -2.39. The first kappa shape index (κ1) is 31.6. The molecule has 0 radical (unpaired) electrons. The van der Waals surface area contributed by atoms with Gasteiger partial charge in [-0.25, -0.2) is 9.59 Å². The monoisotopic (exact) mass is 583 g/mol. The third-order valence-corrected chi connectivity index (χ3v) is 8.23. The topological polar surface area (TPSA) is 152 Å². The third kappa shape index (κ3) is 8.16. The Kier molecular flexibility index (Phi) is 11.1. The van der Waals surface area contributed by atoms with Crippen LogP contribution in [-0.2, 0) is 41.6 Å². The van der Waals surface area contributed by atoms with Crippen LogP contribution in [0.2, 0.25) is 0 Å². The summed E-state index contributed by atoms with van der Waals surface area (Å²) in [6.07, 6.45) is -5.59. The van der Waals surface area contributed by atoms with E-state index in [0.717, 1.165) is 31.2 Å². The van der Waals surface area contributed by atoms with Gasteiger partial charge in [0.25, 0.3) is 0 Å². The van der Waals surface area contributed by atoms with Crippen molar-refractivity contribution in [3.63, 3.8) is 0 Å². The zero-order valence-corrected chi connectivity index (χ0v) is 24.0. The van der Waals surface area contributed by atoms with Gasteiger partial charge in [-0.3, -0.25) is 4.79 Å². The number of hydrogen-bond donors (Lipinski definition) is 4. The number of amides is 1. The molecule has 0 aromatic heterocycles. The van der Waals surface area contributed by atoms with E-state index >= 15 is 0 Å². The predicted octanol–water partition coefficient (Wildman–Crippen LogP) is 2.27. The van der Waals surface area contributed by atoms with E-state index in [4.69, 9.17) is 14.2 Å². The third-order valence-electron chi connectivity index (χ3n) is 8.23. The zero-order chi connectivity index (χ0) is 30.2. The Labute approximate surface area is 246 Å². The molecule has 6 atom stereocenters. The molecule has 1 amide bonds. The second-order valence-electron chi connectivity index (χ2n) is 11.5. The number of hydrogen-bond acceptors (Lipinski definition) is 9. The van der Waals surface area contributed by atoms with Gasteiger partial charge < -0.3 is 34.8 Å². The molecule has 10 heteroatoms. The van der Waals surface area contributed by atoms with E-state index in [1.807, 2.05) is 30.3 Å². The van der Waals surface area contributed by atoms with Crippen LogP contribution in [0.1, 0.15) is 50.7 Å². The van der Waals surface area contributed by atoms with E-state index in [2.05, 4.69) is 19.2 Å². The molecule has 2 fully saturated rings. The molecule has 10 nitrogen and oxygen atoms in total. The van der Waals surface area contributed by atoms with Crippen molar-refractivity contribution in [2.45, 2.75) is 89.3 Å². The summed E-state index contributed by atoms with van der Waals surface area (Å²) in [7, 11) is 0. The van der Waals surface area contributed by atoms with E-state index in [1.165, 1.54) is 0 Å². The maximum Gasteiger partial charge on any atom is 0.338 e. The highest BCUT2D eigenvalue weighted by Gasteiger charge is 2.49. The van der Waals surface area contributed by atoms with E-state index in [-0.39, 0.29) is 24.9 Å². The van der Waals surface area contributed by atoms with Gasteiger partial charge in [0, 0.05) is 12.3 Å². The van der Waals surface area contributed by atoms with Gasteiger partial charge in [-0.2, -0.15) is 0 Å². The SMILES string of the molecule is CC(C)C1CCC(C(=O)N[C@@H](Cc2ccccc2)C(=O)O[C@@H]2O[C@H](C(=O)OCc3ccccc3)[C@@H](O)[C@@H](O)[C@@H]2O)CC1. The maximum absolute atomic E-state index is 13.4. The van der Waals surface area contributed by atoms with Crippen LogP contribution in [-0.4, -0.2) is 69.9 Å². The Morgan fingerprint density at radius 1 is 0.857 bits per heavy atom. The summed E-state index contributed by atoms with van der Waals surface area (Å²) in [5.41, 5.74) is 1.46. The lowest BCUT2D eigenvalue weighted by Crippen LogP contribution is -2.61. The van der Waals surface area contributed by atoms with Gasteiger partial charge in [0.2, 0.25) is 12.2 Å². The highest BCUT2D eigenvalue weighted by Crippen LogP contribution is 2.33. The van der Waals surface area contributed by atoms with Gasteiger partial charge in [-0.05, 0) is 48.6 Å². The standard InChI is InChI=1S/C32H41NO9/c1-19(2)22-13-15-23(16-14-22)29(37)33-24(17-20-9-5-3-6-10-20)30(38)42-32-27(36)25(34)26(35)28(41-32)31(39)40-18-21-11-7-4-8-12-21/h3-12,19,22-28,32,34-36H,13-18H2,1-2H3,(H,33,37)/t22?,23?,24-,25+,26-,27-,28-,32-/m0/s1. The summed E-state index contributed by atoms with van der Waals surface area (Å²) in [5.74, 6) is -1.28. The molecule has 1 saturated carbocycles. The Morgan fingerprint density at radius 3 is 2.05 bits per heavy atom. The minimum absolute atomic E-state index is 0.111. The molecule has 1 heterocycles. The number of aliphatic hydroxyl groups excluding tert-OH is 3. The van der Waals surface area contributed by atoms with Gasteiger partial charge in [-0.1, -0.05) is 74.5 Å². The second kappa shape index (κ2) is 14.7. The lowest BCUT2D eigenvalue weighted by molar-refractivity contribution is -0.288. The minimum atomic E-state index is -1.86. The van der Waals surface area contributed by atoms with E-state index in [0.29, 0.717) is 17.4 Å². The van der Waals surface area contributed by atoms with Crippen molar-refractivity contribution in [1.29, 1.82) is 0 Å². The van der Waals surface area contributed by atoms with Gasteiger partial charge >= 0.3 is 11.9 Å².